The van der Waals surface area contributed by atoms with Gasteiger partial charge in [0.05, 0.1) is 11.3 Å². The highest BCUT2D eigenvalue weighted by atomic mass is 35.5. The molecule has 0 radical (unpaired) electrons. The van der Waals surface area contributed by atoms with Gasteiger partial charge in [0.25, 0.3) is 11.8 Å². The van der Waals surface area contributed by atoms with Crippen molar-refractivity contribution in [3.63, 3.8) is 0 Å². The maximum absolute atomic E-state index is 13.5. The Morgan fingerprint density at radius 2 is 1.47 bits per heavy atom. The second kappa shape index (κ2) is 7.81. The summed E-state index contributed by atoms with van der Waals surface area (Å²) in [6, 6.07) is 20.2. The number of halogens is 1. The van der Waals surface area contributed by atoms with Crippen LogP contribution in [0.1, 0.15) is 22.3 Å². The number of hydrogen-bond acceptors (Lipinski definition) is 3. The van der Waals surface area contributed by atoms with Gasteiger partial charge in [-0.15, -0.1) is 0 Å². The van der Waals surface area contributed by atoms with Crippen LogP contribution in [0.5, 0.6) is 0 Å². The van der Waals surface area contributed by atoms with Crippen molar-refractivity contribution in [2.45, 2.75) is 20.8 Å². The van der Waals surface area contributed by atoms with Crippen LogP contribution in [0.25, 0.3) is 5.57 Å². The fourth-order valence-electron chi connectivity index (χ4n) is 3.51. The first-order chi connectivity index (χ1) is 14.4. The molecule has 1 N–H and O–H groups in total. The normalized spacial score (nSPS) is 13.9. The van der Waals surface area contributed by atoms with Crippen molar-refractivity contribution in [2.75, 3.05) is 10.2 Å². The zero-order chi connectivity index (χ0) is 21.4. The van der Waals surface area contributed by atoms with E-state index in [2.05, 4.69) is 5.32 Å². The van der Waals surface area contributed by atoms with Crippen molar-refractivity contribution >= 4 is 40.4 Å². The molecular weight excluding hydrogens is 396 g/mol. The fraction of sp³-hybridized carbons (Fsp3) is 0.120. The highest BCUT2D eigenvalue weighted by molar-refractivity contribution is 6.46. The van der Waals surface area contributed by atoms with E-state index in [0.717, 1.165) is 22.4 Å². The van der Waals surface area contributed by atoms with E-state index in [1.54, 1.807) is 30.3 Å². The summed E-state index contributed by atoms with van der Waals surface area (Å²) in [5, 5.41) is 3.75. The first kappa shape index (κ1) is 19.9. The minimum atomic E-state index is -0.376. The summed E-state index contributed by atoms with van der Waals surface area (Å²) >= 11 is 6.03. The van der Waals surface area contributed by atoms with Gasteiger partial charge in [-0.25, -0.2) is 4.90 Å². The van der Waals surface area contributed by atoms with E-state index in [9.17, 15) is 9.59 Å². The number of benzene rings is 3. The van der Waals surface area contributed by atoms with Crippen molar-refractivity contribution in [1.29, 1.82) is 0 Å². The summed E-state index contributed by atoms with van der Waals surface area (Å²) in [5.74, 6) is -0.732. The Kier molecular flexibility index (Phi) is 5.18. The molecule has 3 aromatic carbocycles. The molecule has 0 bridgehead atoms. The third-order valence-corrected chi connectivity index (χ3v) is 5.61. The number of anilines is 2. The number of carbonyl (C=O) groups is 2. The van der Waals surface area contributed by atoms with Crippen molar-refractivity contribution < 1.29 is 9.59 Å². The zero-order valence-electron chi connectivity index (χ0n) is 17.0. The summed E-state index contributed by atoms with van der Waals surface area (Å²) < 4.78 is 0. The Balaban J connectivity index is 1.84. The van der Waals surface area contributed by atoms with Gasteiger partial charge in [0.15, 0.2) is 0 Å². The molecule has 4 nitrogen and oxygen atoms in total. The van der Waals surface area contributed by atoms with Crippen molar-refractivity contribution in [1.82, 2.24) is 0 Å². The van der Waals surface area contributed by atoms with Gasteiger partial charge >= 0.3 is 0 Å². The lowest BCUT2D eigenvalue weighted by atomic mass is 10.0. The van der Waals surface area contributed by atoms with Crippen LogP contribution in [-0.2, 0) is 9.59 Å². The first-order valence-corrected chi connectivity index (χ1v) is 10.0. The van der Waals surface area contributed by atoms with E-state index in [-0.39, 0.29) is 17.5 Å². The van der Waals surface area contributed by atoms with E-state index in [0.29, 0.717) is 21.8 Å². The van der Waals surface area contributed by atoms with E-state index in [4.69, 9.17) is 11.6 Å². The smallest absolute Gasteiger partial charge is 0.282 e. The Morgan fingerprint density at radius 3 is 2.13 bits per heavy atom. The number of imide groups is 1. The van der Waals surface area contributed by atoms with Crippen molar-refractivity contribution in [3.8, 4) is 0 Å². The predicted octanol–water partition coefficient (Wildman–Crippen LogP) is 5.66. The average Bonchev–Trinajstić information content (AvgIpc) is 2.96. The predicted molar refractivity (Wildman–Crippen MR) is 122 cm³/mol. The highest BCUT2D eigenvalue weighted by Crippen LogP contribution is 2.36. The third kappa shape index (κ3) is 3.51. The Bertz CT molecular complexity index is 1180. The van der Waals surface area contributed by atoms with Gasteiger partial charge in [0, 0.05) is 10.7 Å². The van der Waals surface area contributed by atoms with Crippen LogP contribution < -0.4 is 10.2 Å². The third-order valence-electron chi connectivity index (χ3n) is 5.35. The molecule has 150 valence electrons. The molecule has 0 aliphatic carbocycles. The second-order valence-electron chi connectivity index (χ2n) is 7.41. The van der Waals surface area contributed by atoms with E-state index in [1.165, 1.54) is 4.90 Å². The number of hydrogen-bond donors (Lipinski definition) is 1. The molecular formula is C25H21ClN2O2. The molecule has 0 unspecified atom stereocenters. The van der Waals surface area contributed by atoms with E-state index < -0.39 is 0 Å². The SMILES string of the molecule is Cc1ccc(NC2=C(c3ccc(Cl)cc3)C(=O)N(c3cccc(C)c3C)C2=O)cc1. The van der Waals surface area contributed by atoms with Crippen LogP contribution in [0.3, 0.4) is 0 Å². The van der Waals surface area contributed by atoms with Gasteiger partial charge in [-0.3, -0.25) is 9.59 Å². The topological polar surface area (TPSA) is 49.4 Å². The van der Waals surface area contributed by atoms with Gasteiger partial charge < -0.3 is 5.32 Å². The summed E-state index contributed by atoms with van der Waals surface area (Å²) in [6.45, 7) is 5.87. The second-order valence-corrected chi connectivity index (χ2v) is 7.85. The van der Waals surface area contributed by atoms with Crippen LogP contribution in [0.4, 0.5) is 11.4 Å². The Morgan fingerprint density at radius 1 is 0.800 bits per heavy atom. The van der Waals surface area contributed by atoms with Gasteiger partial charge in [-0.1, -0.05) is 53.6 Å². The number of nitrogens with one attached hydrogen (secondary N) is 1. The molecule has 0 atom stereocenters. The van der Waals surface area contributed by atoms with Crippen LogP contribution in [0, 0.1) is 20.8 Å². The summed E-state index contributed by atoms with van der Waals surface area (Å²) in [6.07, 6.45) is 0. The molecule has 0 spiro atoms. The number of rotatable bonds is 4. The first-order valence-electron chi connectivity index (χ1n) is 9.65. The van der Waals surface area contributed by atoms with Gasteiger partial charge in [-0.2, -0.15) is 0 Å². The number of carbonyl (C=O) groups excluding carboxylic acids is 2. The van der Waals surface area contributed by atoms with Crippen molar-refractivity contribution in [3.05, 3.63) is 99.7 Å². The maximum atomic E-state index is 13.5. The van der Waals surface area contributed by atoms with Crippen LogP contribution in [0.2, 0.25) is 5.02 Å². The molecule has 5 heteroatoms. The quantitative estimate of drug-likeness (QED) is 0.558. The lowest BCUT2D eigenvalue weighted by Crippen LogP contribution is -2.33. The largest absolute Gasteiger partial charge is 0.350 e. The molecule has 0 fully saturated rings. The van der Waals surface area contributed by atoms with Crippen molar-refractivity contribution in [2.24, 2.45) is 0 Å². The lowest BCUT2D eigenvalue weighted by Gasteiger charge is -2.19. The summed E-state index contributed by atoms with van der Waals surface area (Å²) in [7, 11) is 0. The number of nitrogens with zero attached hydrogens (tertiary/aromatic N) is 1. The highest BCUT2D eigenvalue weighted by Gasteiger charge is 2.40. The van der Waals surface area contributed by atoms with E-state index >= 15 is 0 Å². The molecule has 0 saturated carbocycles. The molecule has 3 aromatic rings. The van der Waals surface area contributed by atoms with Gasteiger partial charge in [0.1, 0.15) is 5.70 Å². The minimum Gasteiger partial charge on any atom is -0.350 e. The molecule has 4 rings (SSSR count). The Labute approximate surface area is 180 Å². The fourth-order valence-corrected chi connectivity index (χ4v) is 3.63. The molecule has 1 aliphatic heterocycles. The molecule has 30 heavy (non-hydrogen) atoms. The van der Waals surface area contributed by atoms with Crippen LogP contribution in [-0.4, -0.2) is 11.8 Å². The summed E-state index contributed by atoms with van der Waals surface area (Å²) in [4.78, 5) is 28.2. The maximum Gasteiger partial charge on any atom is 0.282 e. The lowest BCUT2D eigenvalue weighted by molar-refractivity contribution is -0.120. The summed E-state index contributed by atoms with van der Waals surface area (Å²) in [5.41, 5.74) is 5.58. The minimum absolute atomic E-state index is 0.257. The molecule has 1 aliphatic rings. The standard InChI is InChI=1S/C25H21ClN2O2/c1-15-7-13-20(14-8-15)27-23-22(18-9-11-19(26)12-10-18)24(29)28(25(23)30)21-6-4-5-16(2)17(21)3/h4-14,27H,1-3H3. The number of aryl methyl sites for hydroxylation is 2. The van der Waals surface area contributed by atoms with Gasteiger partial charge in [-0.05, 0) is 67.8 Å². The number of amides is 2. The monoisotopic (exact) mass is 416 g/mol. The molecule has 0 saturated heterocycles. The zero-order valence-corrected chi connectivity index (χ0v) is 17.7. The molecule has 1 heterocycles. The Hall–Kier alpha value is -3.37. The van der Waals surface area contributed by atoms with Gasteiger partial charge in [0.2, 0.25) is 0 Å². The average molecular weight is 417 g/mol. The van der Waals surface area contributed by atoms with E-state index in [1.807, 2.05) is 57.2 Å². The van der Waals surface area contributed by atoms with Crippen LogP contribution >= 0.6 is 11.6 Å². The molecule has 2 amide bonds. The van der Waals surface area contributed by atoms with Crippen LogP contribution in [0.15, 0.2) is 72.4 Å². The molecule has 0 aromatic heterocycles.